The third-order valence-electron chi connectivity index (χ3n) is 4.16. The van der Waals surface area contributed by atoms with Crippen LogP contribution in [0.15, 0.2) is 11.6 Å². The maximum atomic E-state index is 12.8. The lowest BCUT2D eigenvalue weighted by molar-refractivity contribution is 0.0730. The quantitative estimate of drug-likeness (QED) is 0.872. The van der Waals surface area contributed by atoms with Crippen molar-refractivity contribution in [3.05, 3.63) is 33.5 Å². The van der Waals surface area contributed by atoms with E-state index in [0.717, 1.165) is 35.7 Å². The minimum absolute atomic E-state index is 0.0499. The molecule has 1 aliphatic heterocycles. The minimum Gasteiger partial charge on any atom is -0.330 e. The first kappa shape index (κ1) is 15.2. The molecular formula is C16H22N4OS. The molecule has 1 saturated heterocycles. The van der Waals surface area contributed by atoms with E-state index in [1.54, 1.807) is 11.3 Å². The average molecular weight is 318 g/mol. The third kappa shape index (κ3) is 2.67. The molecular weight excluding hydrogens is 296 g/mol. The molecule has 2 aromatic rings. The first-order valence-corrected chi connectivity index (χ1v) is 8.62. The van der Waals surface area contributed by atoms with E-state index in [1.165, 1.54) is 0 Å². The maximum absolute atomic E-state index is 12.8. The van der Waals surface area contributed by atoms with Crippen LogP contribution in [0.5, 0.6) is 0 Å². The second-order valence-electron chi connectivity index (χ2n) is 6.23. The zero-order chi connectivity index (χ0) is 15.9. The summed E-state index contributed by atoms with van der Waals surface area (Å²) in [6.45, 7) is 7.01. The molecule has 1 fully saturated rings. The van der Waals surface area contributed by atoms with E-state index in [-0.39, 0.29) is 11.9 Å². The normalized spacial score (nSPS) is 18.4. The van der Waals surface area contributed by atoms with Gasteiger partial charge in [-0.25, -0.2) is 4.98 Å². The number of nitrogens with zero attached hydrogens (tertiary/aromatic N) is 4. The number of hydrogen-bond donors (Lipinski definition) is 0. The van der Waals surface area contributed by atoms with Crippen LogP contribution in [-0.2, 0) is 7.05 Å². The molecule has 1 unspecified atom stereocenters. The van der Waals surface area contributed by atoms with E-state index in [4.69, 9.17) is 0 Å². The molecule has 22 heavy (non-hydrogen) atoms. The number of rotatable bonds is 3. The van der Waals surface area contributed by atoms with E-state index in [1.807, 2.05) is 35.1 Å². The van der Waals surface area contributed by atoms with Gasteiger partial charge in [0, 0.05) is 36.7 Å². The highest BCUT2D eigenvalue weighted by Crippen LogP contribution is 2.34. The lowest BCUT2D eigenvalue weighted by atomic mass is 10.1. The Hall–Kier alpha value is -1.69. The SMILES string of the molecule is Cc1nn(C)cc1C1CCCN1C(=O)c1csc(C(C)C)n1. The van der Waals surface area contributed by atoms with Gasteiger partial charge in [-0.15, -0.1) is 11.3 Å². The second kappa shape index (κ2) is 5.83. The van der Waals surface area contributed by atoms with Gasteiger partial charge >= 0.3 is 0 Å². The lowest BCUT2D eigenvalue weighted by Crippen LogP contribution is -2.31. The van der Waals surface area contributed by atoms with Crippen molar-refractivity contribution >= 4 is 17.2 Å². The fourth-order valence-corrected chi connectivity index (χ4v) is 3.89. The van der Waals surface area contributed by atoms with Crippen molar-refractivity contribution in [1.29, 1.82) is 0 Å². The fraction of sp³-hybridized carbons (Fsp3) is 0.562. The molecule has 0 radical (unpaired) electrons. The van der Waals surface area contributed by atoms with Crippen molar-refractivity contribution in [1.82, 2.24) is 19.7 Å². The average Bonchev–Trinajstić information content (AvgIpc) is 3.16. The van der Waals surface area contributed by atoms with E-state index in [9.17, 15) is 4.79 Å². The number of amides is 1. The van der Waals surface area contributed by atoms with Gasteiger partial charge in [-0.3, -0.25) is 9.48 Å². The predicted molar refractivity (Wildman–Crippen MR) is 87.2 cm³/mol. The van der Waals surface area contributed by atoms with Crippen LogP contribution in [0.4, 0.5) is 0 Å². The van der Waals surface area contributed by atoms with Gasteiger partial charge in [-0.05, 0) is 19.8 Å². The topological polar surface area (TPSA) is 51.0 Å². The highest BCUT2D eigenvalue weighted by Gasteiger charge is 2.33. The Bertz CT molecular complexity index is 688. The summed E-state index contributed by atoms with van der Waals surface area (Å²) >= 11 is 1.57. The summed E-state index contributed by atoms with van der Waals surface area (Å²) in [7, 11) is 1.92. The maximum Gasteiger partial charge on any atom is 0.273 e. The third-order valence-corrected chi connectivity index (χ3v) is 5.30. The summed E-state index contributed by atoms with van der Waals surface area (Å²) in [4.78, 5) is 19.3. The number of thiazole rings is 1. The molecule has 1 atom stereocenters. The van der Waals surface area contributed by atoms with Crippen LogP contribution in [0.25, 0.3) is 0 Å². The van der Waals surface area contributed by atoms with Crippen molar-refractivity contribution in [3.8, 4) is 0 Å². The van der Waals surface area contributed by atoms with Crippen LogP contribution < -0.4 is 0 Å². The van der Waals surface area contributed by atoms with Gasteiger partial charge in [0.1, 0.15) is 5.69 Å². The molecule has 118 valence electrons. The van der Waals surface area contributed by atoms with E-state index >= 15 is 0 Å². The molecule has 0 aliphatic carbocycles. The summed E-state index contributed by atoms with van der Waals surface area (Å²) in [5, 5.41) is 7.33. The van der Waals surface area contributed by atoms with E-state index in [2.05, 4.69) is 23.9 Å². The van der Waals surface area contributed by atoms with Crippen molar-refractivity contribution in [3.63, 3.8) is 0 Å². The number of carbonyl (C=O) groups excluding carboxylic acids is 1. The van der Waals surface area contributed by atoms with Crippen molar-refractivity contribution in [2.24, 2.45) is 7.05 Å². The number of aryl methyl sites for hydroxylation is 2. The second-order valence-corrected chi connectivity index (χ2v) is 7.12. The number of carbonyl (C=O) groups is 1. The summed E-state index contributed by atoms with van der Waals surface area (Å²) < 4.78 is 1.82. The highest BCUT2D eigenvalue weighted by molar-refractivity contribution is 7.09. The van der Waals surface area contributed by atoms with Crippen LogP contribution >= 0.6 is 11.3 Å². The van der Waals surface area contributed by atoms with Gasteiger partial charge in [0.05, 0.1) is 16.7 Å². The monoisotopic (exact) mass is 318 g/mol. The van der Waals surface area contributed by atoms with Gasteiger partial charge in [0.25, 0.3) is 5.91 Å². The Balaban J connectivity index is 1.86. The van der Waals surface area contributed by atoms with E-state index in [0.29, 0.717) is 11.6 Å². The summed E-state index contributed by atoms with van der Waals surface area (Å²) in [5.41, 5.74) is 2.75. The molecule has 1 aliphatic rings. The van der Waals surface area contributed by atoms with Gasteiger partial charge < -0.3 is 4.90 Å². The Labute approximate surface area is 135 Å². The van der Waals surface area contributed by atoms with Crippen molar-refractivity contribution in [2.75, 3.05) is 6.54 Å². The molecule has 0 aromatic carbocycles. The van der Waals surface area contributed by atoms with E-state index < -0.39 is 0 Å². The summed E-state index contributed by atoms with van der Waals surface area (Å²) in [6.07, 6.45) is 4.07. The van der Waals surface area contributed by atoms with Gasteiger partial charge in [0.15, 0.2) is 0 Å². The van der Waals surface area contributed by atoms with Crippen LogP contribution in [0, 0.1) is 6.92 Å². The Morgan fingerprint density at radius 1 is 1.45 bits per heavy atom. The summed E-state index contributed by atoms with van der Waals surface area (Å²) in [5.74, 6) is 0.412. The largest absolute Gasteiger partial charge is 0.330 e. The standard InChI is InChI=1S/C16H22N4OS/c1-10(2)15-17-13(9-22-15)16(21)20-7-5-6-14(20)12-8-19(4)18-11(12)3/h8-10,14H,5-7H2,1-4H3. The zero-order valence-corrected chi connectivity index (χ0v) is 14.4. The van der Waals surface area contributed by atoms with Gasteiger partial charge in [-0.2, -0.15) is 5.10 Å². The van der Waals surface area contributed by atoms with Gasteiger partial charge in [-0.1, -0.05) is 13.8 Å². The highest BCUT2D eigenvalue weighted by atomic mass is 32.1. The lowest BCUT2D eigenvalue weighted by Gasteiger charge is -2.23. The van der Waals surface area contributed by atoms with Crippen molar-refractivity contribution in [2.45, 2.75) is 45.6 Å². The Morgan fingerprint density at radius 2 is 2.23 bits per heavy atom. The van der Waals surface area contributed by atoms with Crippen LogP contribution in [0.2, 0.25) is 0 Å². The Morgan fingerprint density at radius 3 is 2.82 bits per heavy atom. The zero-order valence-electron chi connectivity index (χ0n) is 13.5. The molecule has 6 heteroatoms. The van der Waals surface area contributed by atoms with Crippen LogP contribution in [0.3, 0.4) is 0 Å². The first-order valence-electron chi connectivity index (χ1n) is 7.74. The van der Waals surface area contributed by atoms with Crippen LogP contribution in [0.1, 0.15) is 65.4 Å². The Kier molecular flexibility index (Phi) is 4.04. The number of aromatic nitrogens is 3. The molecule has 2 aromatic heterocycles. The molecule has 0 spiro atoms. The number of likely N-dealkylation sites (tertiary alicyclic amines) is 1. The molecule has 3 rings (SSSR count). The number of hydrogen-bond acceptors (Lipinski definition) is 4. The molecule has 5 nitrogen and oxygen atoms in total. The van der Waals surface area contributed by atoms with Crippen LogP contribution in [-0.4, -0.2) is 32.1 Å². The molecule has 3 heterocycles. The molecule has 1 amide bonds. The fourth-order valence-electron chi connectivity index (χ4n) is 3.08. The predicted octanol–water partition coefficient (Wildman–Crippen LogP) is 3.29. The summed E-state index contributed by atoms with van der Waals surface area (Å²) in [6, 6.07) is 0.130. The first-order chi connectivity index (χ1) is 10.5. The molecule has 0 N–H and O–H groups in total. The molecule has 0 bridgehead atoms. The molecule has 0 saturated carbocycles. The van der Waals surface area contributed by atoms with Crippen molar-refractivity contribution < 1.29 is 4.79 Å². The van der Waals surface area contributed by atoms with Gasteiger partial charge in [0.2, 0.25) is 0 Å². The minimum atomic E-state index is 0.0499. The smallest absolute Gasteiger partial charge is 0.273 e.